The molecular weight excluding hydrogens is 382 g/mol. The van der Waals surface area contributed by atoms with Crippen LogP contribution in [0.15, 0.2) is 28.7 Å². The number of hydrogen-bond acceptors (Lipinski definition) is 2. The van der Waals surface area contributed by atoms with Gasteiger partial charge in [0, 0.05) is 47.5 Å². The molecule has 4 rings (SSSR count). The fraction of sp³-hybridized carbons (Fsp3) is 0.474. The number of nitrogens with zero attached hydrogens (tertiary/aromatic N) is 2. The summed E-state index contributed by atoms with van der Waals surface area (Å²) in [7, 11) is 0. The van der Waals surface area contributed by atoms with Crippen molar-refractivity contribution in [1.82, 2.24) is 14.8 Å². The van der Waals surface area contributed by atoms with Gasteiger partial charge in [0.1, 0.15) is 5.69 Å². The molecular formula is C19H22BrN3O2. The molecule has 6 heteroatoms. The number of likely N-dealkylation sites (tertiary alicyclic amines) is 2. The van der Waals surface area contributed by atoms with Crippen LogP contribution in [0.2, 0.25) is 0 Å². The molecule has 0 saturated carbocycles. The highest BCUT2D eigenvalue weighted by Crippen LogP contribution is 2.25. The molecule has 2 amide bonds. The topological polar surface area (TPSA) is 56.4 Å². The summed E-state index contributed by atoms with van der Waals surface area (Å²) in [5.41, 5.74) is 1.58. The van der Waals surface area contributed by atoms with Gasteiger partial charge in [0.2, 0.25) is 5.91 Å². The third-order valence-corrected chi connectivity index (χ3v) is 5.86. The Bertz CT molecular complexity index is 802. The van der Waals surface area contributed by atoms with Crippen LogP contribution in [0.3, 0.4) is 0 Å². The number of H-pyrrole nitrogens is 1. The maximum atomic E-state index is 12.8. The quantitative estimate of drug-likeness (QED) is 0.834. The third-order valence-electron chi connectivity index (χ3n) is 5.36. The summed E-state index contributed by atoms with van der Waals surface area (Å²) in [5.74, 6) is 0.403. The molecule has 2 saturated heterocycles. The summed E-state index contributed by atoms with van der Waals surface area (Å²) in [5, 5.41) is 1.03. The zero-order valence-corrected chi connectivity index (χ0v) is 15.7. The van der Waals surface area contributed by atoms with Gasteiger partial charge in [0.05, 0.1) is 0 Å². The van der Waals surface area contributed by atoms with Crippen molar-refractivity contribution in [2.45, 2.75) is 25.7 Å². The molecule has 132 valence electrons. The zero-order chi connectivity index (χ0) is 17.4. The second-order valence-corrected chi connectivity index (χ2v) is 7.93. The molecule has 1 aromatic carbocycles. The minimum absolute atomic E-state index is 0.0272. The Morgan fingerprint density at radius 1 is 1.00 bits per heavy atom. The van der Waals surface area contributed by atoms with Crippen LogP contribution in [-0.4, -0.2) is 52.8 Å². The van der Waals surface area contributed by atoms with Gasteiger partial charge in [-0.1, -0.05) is 22.0 Å². The summed E-state index contributed by atoms with van der Waals surface area (Å²) >= 11 is 3.45. The number of rotatable bonds is 2. The molecule has 1 N–H and O–H groups in total. The van der Waals surface area contributed by atoms with Gasteiger partial charge in [-0.25, -0.2) is 0 Å². The number of carbonyl (C=O) groups is 2. The van der Waals surface area contributed by atoms with E-state index in [4.69, 9.17) is 0 Å². The number of piperidine rings is 1. The van der Waals surface area contributed by atoms with E-state index in [9.17, 15) is 9.59 Å². The highest BCUT2D eigenvalue weighted by Gasteiger charge is 2.31. The highest BCUT2D eigenvalue weighted by atomic mass is 79.9. The summed E-state index contributed by atoms with van der Waals surface area (Å²) in [6, 6.07) is 7.85. The second kappa shape index (κ2) is 6.83. The normalized spacial score (nSPS) is 18.9. The monoisotopic (exact) mass is 403 g/mol. The van der Waals surface area contributed by atoms with E-state index in [1.165, 1.54) is 0 Å². The van der Waals surface area contributed by atoms with Crippen molar-refractivity contribution in [3.63, 3.8) is 0 Å². The van der Waals surface area contributed by atoms with Crippen molar-refractivity contribution in [3.05, 3.63) is 34.4 Å². The van der Waals surface area contributed by atoms with Crippen LogP contribution in [-0.2, 0) is 4.79 Å². The van der Waals surface area contributed by atoms with E-state index >= 15 is 0 Å². The van der Waals surface area contributed by atoms with E-state index in [2.05, 4.69) is 20.9 Å². The van der Waals surface area contributed by atoms with E-state index in [1.54, 1.807) is 0 Å². The first-order valence-electron chi connectivity index (χ1n) is 8.98. The van der Waals surface area contributed by atoms with Crippen molar-refractivity contribution >= 4 is 38.6 Å². The van der Waals surface area contributed by atoms with Gasteiger partial charge in [-0.15, -0.1) is 0 Å². The fourth-order valence-corrected chi connectivity index (χ4v) is 4.27. The minimum Gasteiger partial charge on any atom is -0.350 e. The van der Waals surface area contributed by atoms with Crippen LogP contribution in [0.5, 0.6) is 0 Å². The fourth-order valence-electron chi connectivity index (χ4n) is 3.91. The van der Waals surface area contributed by atoms with E-state index in [0.717, 1.165) is 54.1 Å². The molecule has 0 bridgehead atoms. The molecule has 0 spiro atoms. The van der Waals surface area contributed by atoms with Gasteiger partial charge in [0.25, 0.3) is 5.91 Å². The predicted molar refractivity (Wildman–Crippen MR) is 100 cm³/mol. The molecule has 0 unspecified atom stereocenters. The van der Waals surface area contributed by atoms with E-state index in [1.807, 2.05) is 34.1 Å². The number of fused-ring (bicyclic) bond motifs is 1. The standard InChI is InChI=1S/C19H22BrN3O2/c20-15-4-3-14-11-17(21-16(14)12-15)19(25)23-9-5-13(6-10-23)18(24)22-7-1-2-8-22/h3-4,11-13,21H,1-2,5-10H2. The molecule has 0 atom stereocenters. The summed E-state index contributed by atoms with van der Waals surface area (Å²) in [4.78, 5) is 32.4. The number of aromatic amines is 1. The lowest BCUT2D eigenvalue weighted by molar-refractivity contribution is -0.135. The molecule has 2 fully saturated rings. The third kappa shape index (κ3) is 3.32. The van der Waals surface area contributed by atoms with Crippen LogP contribution in [0, 0.1) is 5.92 Å². The second-order valence-electron chi connectivity index (χ2n) is 7.01. The first-order valence-corrected chi connectivity index (χ1v) is 9.77. The Hall–Kier alpha value is -1.82. The van der Waals surface area contributed by atoms with E-state index < -0.39 is 0 Å². The maximum absolute atomic E-state index is 12.8. The molecule has 2 aliphatic rings. The molecule has 1 aromatic heterocycles. The van der Waals surface area contributed by atoms with Crippen LogP contribution in [0.1, 0.15) is 36.2 Å². The van der Waals surface area contributed by atoms with Crippen LogP contribution in [0.25, 0.3) is 10.9 Å². The van der Waals surface area contributed by atoms with E-state index in [-0.39, 0.29) is 11.8 Å². The lowest BCUT2D eigenvalue weighted by atomic mass is 9.95. The van der Waals surface area contributed by atoms with E-state index in [0.29, 0.717) is 24.7 Å². The van der Waals surface area contributed by atoms with Crippen molar-refractivity contribution in [2.24, 2.45) is 5.92 Å². The van der Waals surface area contributed by atoms with Gasteiger partial charge >= 0.3 is 0 Å². The molecule has 2 aliphatic heterocycles. The van der Waals surface area contributed by atoms with Gasteiger partial charge in [-0.3, -0.25) is 9.59 Å². The van der Waals surface area contributed by atoms with Gasteiger partial charge in [-0.2, -0.15) is 0 Å². The first-order chi connectivity index (χ1) is 12.1. The van der Waals surface area contributed by atoms with Crippen molar-refractivity contribution < 1.29 is 9.59 Å². The average Bonchev–Trinajstić information content (AvgIpc) is 3.30. The summed E-state index contributed by atoms with van der Waals surface area (Å²) in [6.45, 7) is 3.12. The number of amides is 2. The Kier molecular flexibility index (Phi) is 4.54. The van der Waals surface area contributed by atoms with Crippen LogP contribution < -0.4 is 0 Å². The maximum Gasteiger partial charge on any atom is 0.270 e. The Labute approximate surface area is 155 Å². The average molecular weight is 404 g/mol. The minimum atomic E-state index is 0.0272. The summed E-state index contributed by atoms with van der Waals surface area (Å²) in [6.07, 6.45) is 3.79. The van der Waals surface area contributed by atoms with Gasteiger partial charge in [0.15, 0.2) is 0 Å². The predicted octanol–water partition coefficient (Wildman–Crippen LogP) is 3.41. The molecule has 0 aliphatic carbocycles. The van der Waals surface area contributed by atoms with Gasteiger partial charge in [-0.05, 0) is 43.9 Å². The van der Waals surface area contributed by atoms with Crippen molar-refractivity contribution in [3.8, 4) is 0 Å². The molecule has 0 radical (unpaired) electrons. The Balaban J connectivity index is 1.41. The molecule has 3 heterocycles. The smallest absolute Gasteiger partial charge is 0.270 e. The van der Waals surface area contributed by atoms with Gasteiger partial charge < -0.3 is 14.8 Å². The molecule has 2 aromatic rings. The zero-order valence-electron chi connectivity index (χ0n) is 14.1. The van der Waals surface area contributed by atoms with Crippen LogP contribution in [0.4, 0.5) is 0 Å². The number of carbonyl (C=O) groups excluding carboxylic acids is 2. The number of hydrogen-bond donors (Lipinski definition) is 1. The summed E-state index contributed by atoms with van der Waals surface area (Å²) < 4.78 is 0.988. The molecule has 25 heavy (non-hydrogen) atoms. The Morgan fingerprint density at radius 2 is 1.72 bits per heavy atom. The molecule has 5 nitrogen and oxygen atoms in total. The number of halogens is 1. The lowest BCUT2D eigenvalue weighted by Gasteiger charge is -2.33. The Morgan fingerprint density at radius 3 is 2.44 bits per heavy atom. The van der Waals surface area contributed by atoms with Crippen molar-refractivity contribution in [2.75, 3.05) is 26.2 Å². The largest absolute Gasteiger partial charge is 0.350 e. The number of aromatic nitrogens is 1. The van der Waals surface area contributed by atoms with Crippen molar-refractivity contribution in [1.29, 1.82) is 0 Å². The first kappa shape index (κ1) is 16.6. The number of nitrogens with one attached hydrogen (secondary N) is 1. The highest BCUT2D eigenvalue weighted by molar-refractivity contribution is 9.10. The van der Waals surface area contributed by atoms with Crippen LogP contribution >= 0.6 is 15.9 Å². The number of benzene rings is 1. The SMILES string of the molecule is O=C(c1cc2ccc(Br)cc2[nH]1)N1CCC(C(=O)N2CCCC2)CC1. The lowest BCUT2D eigenvalue weighted by Crippen LogP contribution is -2.43.